The number of amides is 1. The van der Waals surface area contributed by atoms with Crippen LogP contribution in [-0.2, 0) is 17.8 Å². The molecule has 146 valence electrons. The number of nitrogens with zero attached hydrogens (tertiary/aromatic N) is 2. The van der Waals surface area contributed by atoms with E-state index in [1.54, 1.807) is 12.5 Å². The molecule has 4 rings (SSSR count). The van der Waals surface area contributed by atoms with Crippen molar-refractivity contribution in [1.82, 2.24) is 9.99 Å². The molecule has 0 saturated heterocycles. The molecule has 0 fully saturated rings. The van der Waals surface area contributed by atoms with Gasteiger partial charge in [-0.15, -0.1) is 0 Å². The number of aromatic nitrogens is 1. The van der Waals surface area contributed by atoms with Crippen LogP contribution in [0, 0.1) is 13.8 Å². The van der Waals surface area contributed by atoms with Gasteiger partial charge in [-0.25, -0.2) is 5.43 Å². The quantitative estimate of drug-likeness (QED) is 0.390. The van der Waals surface area contributed by atoms with Crippen LogP contribution in [0.25, 0.3) is 10.8 Å². The molecule has 2 heterocycles. The van der Waals surface area contributed by atoms with Crippen molar-refractivity contribution in [3.8, 4) is 0 Å². The Morgan fingerprint density at radius 3 is 2.76 bits per heavy atom. The number of nitrogens with one attached hydrogen (secondary N) is 1. The summed E-state index contributed by atoms with van der Waals surface area (Å²) < 4.78 is 7.61. The topological polar surface area (TPSA) is 59.5 Å². The maximum atomic E-state index is 12.4. The van der Waals surface area contributed by atoms with Gasteiger partial charge in [-0.3, -0.25) is 4.79 Å². The van der Waals surface area contributed by atoms with Crippen LogP contribution in [0.2, 0.25) is 0 Å². The standard InChI is InChI=1S/C24H23N3O2/c1-17-13-21(18(2)27(17)16-22-10-6-12-29-22)15-25-26-24(28)14-20-9-5-8-19-7-3-4-11-23(19)20/h3-13,15H,14,16H2,1-2H3,(H,26,28)/b25-15-. The van der Waals surface area contributed by atoms with E-state index >= 15 is 0 Å². The van der Waals surface area contributed by atoms with E-state index in [0.717, 1.165) is 39.0 Å². The molecule has 2 aromatic heterocycles. The summed E-state index contributed by atoms with van der Waals surface area (Å²) in [7, 11) is 0. The highest BCUT2D eigenvalue weighted by molar-refractivity contribution is 5.90. The molecule has 4 aromatic rings. The number of hydrogen-bond donors (Lipinski definition) is 1. The van der Waals surface area contributed by atoms with Crippen molar-refractivity contribution in [2.24, 2.45) is 5.10 Å². The van der Waals surface area contributed by atoms with Crippen molar-refractivity contribution in [2.75, 3.05) is 0 Å². The van der Waals surface area contributed by atoms with Gasteiger partial charge in [0.05, 0.1) is 25.4 Å². The molecule has 0 unspecified atom stereocenters. The van der Waals surface area contributed by atoms with Gasteiger partial charge in [0.15, 0.2) is 0 Å². The fourth-order valence-corrected chi connectivity index (χ4v) is 3.59. The van der Waals surface area contributed by atoms with Gasteiger partial charge in [-0.05, 0) is 48.4 Å². The maximum Gasteiger partial charge on any atom is 0.244 e. The van der Waals surface area contributed by atoms with Crippen LogP contribution in [0.3, 0.4) is 0 Å². The summed E-state index contributed by atoms with van der Waals surface area (Å²) in [6, 6.07) is 20.0. The van der Waals surface area contributed by atoms with Gasteiger partial charge >= 0.3 is 0 Å². The van der Waals surface area contributed by atoms with E-state index in [4.69, 9.17) is 4.42 Å². The molecular formula is C24H23N3O2. The molecule has 0 aliphatic rings. The summed E-state index contributed by atoms with van der Waals surface area (Å²) >= 11 is 0. The molecule has 0 atom stereocenters. The molecule has 0 aliphatic heterocycles. The maximum absolute atomic E-state index is 12.4. The summed E-state index contributed by atoms with van der Waals surface area (Å²) in [5.74, 6) is 0.765. The lowest BCUT2D eigenvalue weighted by molar-refractivity contribution is -0.120. The lowest BCUT2D eigenvalue weighted by Gasteiger charge is -2.07. The zero-order valence-corrected chi connectivity index (χ0v) is 16.6. The first kappa shape index (κ1) is 18.7. The summed E-state index contributed by atoms with van der Waals surface area (Å²) in [6.07, 6.45) is 3.66. The Morgan fingerprint density at radius 2 is 1.93 bits per heavy atom. The molecule has 1 amide bonds. The monoisotopic (exact) mass is 385 g/mol. The van der Waals surface area contributed by atoms with Gasteiger partial charge in [0, 0.05) is 17.0 Å². The highest BCUT2D eigenvalue weighted by Gasteiger charge is 2.10. The van der Waals surface area contributed by atoms with Crippen molar-refractivity contribution in [2.45, 2.75) is 26.8 Å². The third-order valence-corrected chi connectivity index (χ3v) is 5.13. The number of carbonyl (C=O) groups excluding carboxylic acids is 1. The molecule has 0 saturated carbocycles. The van der Waals surface area contributed by atoms with Gasteiger partial charge in [0.25, 0.3) is 0 Å². The van der Waals surface area contributed by atoms with Crippen molar-refractivity contribution < 1.29 is 9.21 Å². The SMILES string of the molecule is Cc1cc(/C=N\NC(=O)Cc2cccc3ccccc23)c(C)n1Cc1ccco1. The minimum Gasteiger partial charge on any atom is -0.467 e. The predicted molar refractivity (Wildman–Crippen MR) is 115 cm³/mol. The Morgan fingerprint density at radius 1 is 1.10 bits per heavy atom. The normalized spacial score (nSPS) is 11.4. The molecule has 29 heavy (non-hydrogen) atoms. The zero-order valence-electron chi connectivity index (χ0n) is 16.6. The number of fused-ring (bicyclic) bond motifs is 1. The van der Waals surface area contributed by atoms with Crippen molar-refractivity contribution in [3.05, 3.63) is 95.2 Å². The molecule has 0 aliphatic carbocycles. The van der Waals surface area contributed by atoms with E-state index in [-0.39, 0.29) is 12.3 Å². The lowest BCUT2D eigenvalue weighted by atomic mass is 10.0. The summed E-state index contributed by atoms with van der Waals surface area (Å²) in [5.41, 5.74) is 6.80. The first-order chi connectivity index (χ1) is 14.1. The average molecular weight is 385 g/mol. The number of hydrogen-bond acceptors (Lipinski definition) is 3. The van der Waals surface area contributed by atoms with Gasteiger partial charge < -0.3 is 8.98 Å². The minimum atomic E-state index is -0.137. The first-order valence-electron chi connectivity index (χ1n) is 9.59. The van der Waals surface area contributed by atoms with E-state index in [1.807, 2.05) is 68.4 Å². The van der Waals surface area contributed by atoms with Crippen LogP contribution in [0.4, 0.5) is 0 Å². The predicted octanol–water partition coefficient (Wildman–Crippen LogP) is 4.59. The minimum absolute atomic E-state index is 0.137. The fourth-order valence-electron chi connectivity index (χ4n) is 3.59. The van der Waals surface area contributed by atoms with E-state index in [2.05, 4.69) is 21.2 Å². The van der Waals surface area contributed by atoms with E-state index in [1.165, 1.54) is 0 Å². The number of aryl methyl sites for hydroxylation is 1. The second-order valence-corrected chi connectivity index (χ2v) is 7.10. The number of benzene rings is 2. The lowest BCUT2D eigenvalue weighted by Crippen LogP contribution is -2.20. The molecule has 2 aromatic carbocycles. The van der Waals surface area contributed by atoms with Gasteiger partial charge in [0.1, 0.15) is 5.76 Å². The van der Waals surface area contributed by atoms with Gasteiger partial charge in [-0.2, -0.15) is 5.10 Å². The number of hydrazone groups is 1. The van der Waals surface area contributed by atoms with Crippen molar-refractivity contribution in [1.29, 1.82) is 0 Å². The molecule has 0 bridgehead atoms. The Bertz CT molecular complexity index is 1170. The Kier molecular flexibility index (Phi) is 5.29. The van der Waals surface area contributed by atoms with Crippen LogP contribution in [0.1, 0.15) is 28.3 Å². The Labute approximate surface area is 169 Å². The first-order valence-corrected chi connectivity index (χ1v) is 9.59. The molecular weight excluding hydrogens is 362 g/mol. The van der Waals surface area contributed by atoms with Crippen molar-refractivity contribution in [3.63, 3.8) is 0 Å². The van der Waals surface area contributed by atoms with Gasteiger partial charge in [0.2, 0.25) is 5.91 Å². The fraction of sp³-hybridized carbons (Fsp3) is 0.167. The largest absolute Gasteiger partial charge is 0.467 e. The van der Waals surface area contributed by atoms with Crippen LogP contribution < -0.4 is 5.43 Å². The van der Waals surface area contributed by atoms with Gasteiger partial charge in [-0.1, -0.05) is 42.5 Å². The highest BCUT2D eigenvalue weighted by atomic mass is 16.3. The summed E-state index contributed by atoms with van der Waals surface area (Å²) in [4.78, 5) is 12.4. The van der Waals surface area contributed by atoms with E-state index in [9.17, 15) is 4.79 Å². The molecule has 0 spiro atoms. The second-order valence-electron chi connectivity index (χ2n) is 7.10. The van der Waals surface area contributed by atoms with Crippen LogP contribution in [0.5, 0.6) is 0 Å². The number of carbonyl (C=O) groups is 1. The van der Waals surface area contributed by atoms with Crippen LogP contribution >= 0.6 is 0 Å². The van der Waals surface area contributed by atoms with Crippen LogP contribution in [0.15, 0.2) is 76.4 Å². The highest BCUT2D eigenvalue weighted by Crippen LogP contribution is 2.19. The molecule has 5 heteroatoms. The van der Waals surface area contributed by atoms with E-state index in [0.29, 0.717) is 6.54 Å². The number of furan rings is 1. The van der Waals surface area contributed by atoms with Crippen LogP contribution in [-0.4, -0.2) is 16.7 Å². The Balaban J connectivity index is 1.43. The third kappa shape index (κ3) is 4.14. The van der Waals surface area contributed by atoms with E-state index < -0.39 is 0 Å². The molecule has 0 radical (unpaired) electrons. The summed E-state index contributed by atoms with van der Waals surface area (Å²) in [6.45, 7) is 4.76. The second kappa shape index (κ2) is 8.19. The number of rotatable bonds is 6. The average Bonchev–Trinajstić information content (AvgIpc) is 3.32. The molecule has 5 nitrogen and oxygen atoms in total. The zero-order chi connectivity index (χ0) is 20.2. The Hall–Kier alpha value is -3.60. The third-order valence-electron chi connectivity index (χ3n) is 5.13. The smallest absolute Gasteiger partial charge is 0.244 e. The summed E-state index contributed by atoms with van der Waals surface area (Å²) in [5, 5.41) is 6.39. The van der Waals surface area contributed by atoms with Crippen molar-refractivity contribution >= 4 is 22.9 Å². The molecule has 1 N–H and O–H groups in total.